The summed E-state index contributed by atoms with van der Waals surface area (Å²) >= 11 is 0. The third-order valence-corrected chi connectivity index (χ3v) is 2.66. The van der Waals surface area contributed by atoms with Crippen LogP contribution in [-0.2, 0) is 0 Å². The molecular formula is C14H19F3N2O2. The van der Waals surface area contributed by atoms with Crippen LogP contribution in [0.4, 0.5) is 18.9 Å². The molecule has 1 amide bonds. The van der Waals surface area contributed by atoms with Gasteiger partial charge in [0.1, 0.15) is 0 Å². The SMILES string of the molecule is CC(C)(C)CCNC(=O)c1ccc(OC(F)(F)F)c(N)c1. The van der Waals surface area contributed by atoms with Crippen LogP contribution in [0.25, 0.3) is 0 Å². The average Bonchev–Trinajstić information content (AvgIpc) is 2.28. The number of carbonyl (C=O) groups excluding carboxylic acids is 1. The lowest BCUT2D eigenvalue weighted by atomic mass is 9.92. The molecule has 0 aliphatic heterocycles. The highest BCUT2D eigenvalue weighted by Gasteiger charge is 2.32. The van der Waals surface area contributed by atoms with Gasteiger partial charge in [-0.1, -0.05) is 20.8 Å². The molecule has 0 saturated carbocycles. The van der Waals surface area contributed by atoms with Crippen molar-refractivity contribution in [2.24, 2.45) is 5.41 Å². The van der Waals surface area contributed by atoms with Crippen molar-refractivity contribution in [1.29, 1.82) is 0 Å². The van der Waals surface area contributed by atoms with Crippen molar-refractivity contribution in [3.63, 3.8) is 0 Å². The maximum Gasteiger partial charge on any atom is 0.573 e. The van der Waals surface area contributed by atoms with Crippen molar-refractivity contribution in [2.45, 2.75) is 33.6 Å². The van der Waals surface area contributed by atoms with Gasteiger partial charge in [0, 0.05) is 12.1 Å². The number of amides is 1. The molecule has 4 nitrogen and oxygen atoms in total. The van der Waals surface area contributed by atoms with E-state index in [4.69, 9.17) is 5.73 Å². The smallest absolute Gasteiger partial charge is 0.404 e. The van der Waals surface area contributed by atoms with E-state index in [1.807, 2.05) is 20.8 Å². The minimum absolute atomic E-state index is 0.0801. The van der Waals surface area contributed by atoms with Crippen LogP contribution in [-0.4, -0.2) is 18.8 Å². The Kier molecular flexibility index (Phi) is 5.09. The third-order valence-electron chi connectivity index (χ3n) is 2.66. The number of hydrogen-bond acceptors (Lipinski definition) is 3. The van der Waals surface area contributed by atoms with E-state index < -0.39 is 12.1 Å². The Hall–Kier alpha value is -1.92. The highest BCUT2D eigenvalue weighted by atomic mass is 19.4. The van der Waals surface area contributed by atoms with Crippen LogP contribution in [0.2, 0.25) is 0 Å². The average molecular weight is 304 g/mol. The molecule has 0 radical (unpaired) electrons. The van der Waals surface area contributed by atoms with E-state index in [-0.39, 0.29) is 22.6 Å². The number of rotatable bonds is 4. The summed E-state index contributed by atoms with van der Waals surface area (Å²) in [4.78, 5) is 11.8. The van der Waals surface area contributed by atoms with E-state index in [1.165, 1.54) is 6.07 Å². The molecule has 1 aromatic carbocycles. The summed E-state index contributed by atoms with van der Waals surface area (Å²) < 4.78 is 40.0. The zero-order chi connectivity index (χ0) is 16.3. The van der Waals surface area contributed by atoms with Crippen LogP contribution in [0, 0.1) is 5.41 Å². The third kappa shape index (κ3) is 6.37. The summed E-state index contributed by atoms with van der Waals surface area (Å²) in [7, 11) is 0. The molecule has 0 heterocycles. The highest BCUT2D eigenvalue weighted by molar-refractivity contribution is 5.95. The van der Waals surface area contributed by atoms with Gasteiger partial charge < -0.3 is 15.8 Å². The van der Waals surface area contributed by atoms with Crippen molar-refractivity contribution < 1.29 is 22.7 Å². The molecule has 7 heteroatoms. The van der Waals surface area contributed by atoms with Gasteiger partial charge in [0.15, 0.2) is 5.75 Å². The number of carbonyl (C=O) groups is 1. The largest absolute Gasteiger partial charge is 0.573 e. The Morgan fingerprint density at radius 3 is 2.38 bits per heavy atom. The van der Waals surface area contributed by atoms with Gasteiger partial charge in [0.25, 0.3) is 5.91 Å². The molecular weight excluding hydrogens is 285 g/mol. The van der Waals surface area contributed by atoms with E-state index in [1.54, 1.807) is 0 Å². The summed E-state index contributed by atoms with van der Waals surface area (Å²) in [5, 5.41) is 2.69. The van der Waals surface area contributed by atoms with Crippen LogP contribution < -0.4 is 15.8 Å². The van der Waals surface area contributed by atoms with Gasteiger partial charge in [0.05, 0.1) is 5.69 Å². The molecule has 0 atom stereocenters. The predicted molar refractivity (Wildman–Crippen MR) is 73.9 cm³/mol. The van der Waals surface area contributed by atoms with Gasteiger partial charge in [-0.05, 0) is 30.0 Å². The second-order valence-electron chi connectivity index (χ2n) is 5.87. The fourth-order valence-corrected chi connectivity index (χ4v) is 1.56. The van der Waals surface area contributed by atoms with Gasteiger partial charge in [0.2, 0.25) is 0 Å². The second kappa shape index (κ2) is 6.24. The molecule has 0 fully saturated rings. The Labute approximate surface area is 121 Å². The van der Waals surface area contributed by atoms with E-state index in [9.17, 15) is 18.0 Å². The number of alkyl halides is 3. The fourth-order valence-electron chi connectivity index (χ4n) is 1.56. The number of ether oxygens (including phenoxy) is 1. The van der Waals surface area contributed by atoms with Crippen molar-refractivity contribution in [3.05, 3.63) is 23.8 Å². The summed E-state index contributed by atoms with van der Waals surface area (Å²) in [6, 6.07) is 3.43. The molecule has 0 aliphatic carbocycles. The second-order valence-corrected chi connectivity index (χ2v) is 5.87. The maximum atomic E-state index is 12.1. The first-order valence-corrected chi connectivity index (χ1v) is 6.41. The van der Waals surface area contributed by atoms with E-state index in [2.05, 4.69) is 10.1 Å². The van der Waals surface area contributed by atoms with Crippen molar-refractivity contribution in [1.82, 2.24) is 5.32 Å². The van der Waals surface area contributed by atoms with Crippen molar-refractivity contribution in [2.75, 3.05) is 12.3 Å². The molecule has 0 aliphatic rings. The minimum Gasteiger partial charge on any atom is -0.404 e. The Morgan fingerprint density at radius 2 is 1.90 bits per heavy atom. The van der Waals surface area contributed by atoms with Gasteiger partial charge >= 0.3 is 6.36 Å². The first-order valence-electron chi connectivity index (χ1n) is 6.41. The topological polar surface area (TPSA) is 64.3 Å². The fraction of sp³-hybridized carbons (Fsp3) is 0.500. The zero-order valence-electron chi connectivity index (χ0n) is 12.2. The van der Waals surface area contributed by atoms with Crippen LogP contribution >= 0.6 is 0 Å². The van der Waals surface area contributed by atoms with Crippen molar-refractivity contribution in [3.8, 4) is 5.75 Å². The van der Waals surface area contributed by atoms with E-state index in [0.29, 0.717) is 6.54 Å². The number of nitrogens with two attached hydrogens (primary N) is 1. The first kappa shape index (κ1) is 17.1. The predicted octanol–water partition coefficient (Wildman–Crippen LogP) is 3.33. The molecule has 1 aromatic rings. The number of nitrogen functional groups attached to an aromatic ring is 1. The number of halogens is 3. The van der Waals surface area contributed by atoms with Gasteiger partial charge in [-0.2, -0.15) is 0 Å². The minimum atomic E-state index is -4.81. The molecule has 0 aromatic heterocycles. The van der Waals surface area contributed by atoms with Crippen LogP contribution in [0.5, 0.6) is 5.75 Å². The number of anilines is 1. The number of hydrogen-bond donors (Lipinski definition) is 2. The van der Waals surface area contributed by atoms with E-state index >= 15 is 0 Å². The molecule has 1 rings (SSSR count). The maximum absolute atomic E-state index is 12.1. The molecule has 118 valence electrons. The molecule has 3 N–H and O–H groups in total. The number of benzene rings is 1. The standard InChI is InChI=1S/C14H19F3N2O2/c1-13(2,3)6-7-19-12(20)9-4-5-11(10(18)8-9)21-14(15,16)17/h4-5,8H,6-7,18H2,1-3H3,(H,19,20). The van der Waals surface area contributed by atoms with E-state index in [0.717, 1.165) is 18.6 Å². The Bertz CT molecular complexity index is 508. The Balaban J connectivity index is 2.68. The normalized spacial score (nSPS) is 12.1. The molecule has 21 heavy (non-hydrogen) atoms. The highest BCUT2D eigenvalue weighted by Crippen LogP contribution is 2.28. The molecule has 0 saturated heterocycles. The number of nitrogens with one attached hydrogen (secondary N) is 1. The first-order chi connectivity index (χ1) is 9.48. The lowest BCUT2D eigenvalue weighted by molar-refractivity contribution is -0.274. The summed E-state index contributed by atoms with van der Waals surface area (Å²) in [5.74, 6) is -0.904. The van der Waals surface area contributed by atoms with Crippen LogP contribution in [0.15, 0.2) is 18.2 Å². The van der Waals surface area contributed by atoms with Crippen LogP contribution in [0.3, 0.4) is 0 Å². The molecule has 0 unspecified atom stereocenters. The van der Waals surface area contributed by atoms with Gasteiger partial charge in [-0.15, -0.1) is 13.2 Å². The quantitative estimate of drug-likeness (QED) is 0.839. The summed E-state index contributed by atoms with van der Waals surface area (Å²) in [6.45, 7) is 6.60. The van der Waals surface area contributed by atoms with Crippen molar-refractivity contribution >= 4 is 11.6 Å². The van der Waals surface area contributed by atoms with Crippen LogP contribution in [0.1, 0.15) is 37.6 Å². The van der Waals surface area contributed by atoms with Gasteiger partial charge in [-0.25, -0.2) is 0 Å². The lowest BCUT2D eigenvalue weighted by Gasteiger charge is -2.18. The Morgan fingerprint density at radius 1 is 1.29 bits per heavy atom. The monoisotopic (exact) mass is 304 g/mol. The van der Waals surface area contributed by atoms with Gasteiger partial charge in [-0.3, -0.25) is 4.79 Å². The lowest BCUT2D eigenvalue weighted by Crippen LogP contribution is -2.27. The summed E-state index contributed by atoms with van der Waals surface area (Å²) in [5.41, 5.74) is 5.49. The molecule has 0 bridgehead atoms. The zero-order valence-corrected chi connectivity index (χ0v) is 12.2. The summed E-state index contributed by atoms with van der Waals surface area (Å²) in [6.07, 6.45) is -4.03. The molecule has 0 spiro atoms.